The van der Waals surface area contributed by atoms with Gasteiger partial charge in [0.25, 0.3) is 0 Å². The van der Waals surface area contributed by atoms with Gasteiger partial charge in [-0.25, -0.2) is 13.4 Å². The average Bonchev–Trinajstić information content (AvgIpc) is 2.37. The van der Waals surface area contributed by atoms with Crippen molar-refractivity contribution < 1.29 is 18.1 Å². The number of pyridine rings is 1. The second kappa shape index (κ2) is 5.12. The Hall–Kier alpha value is -2.32. The molecule has 1 aromatic heterocycles. The van der Waals surface area contributed by atoms with Gasteiger partial charge in [0.15, 0.2) is 5.82 Å². The van der Waals surface area contributed by atoms with E-state index in [2.05, 4.69) is 15.2 Å². The molecule has 0 bridgehead atoms. The third-order valence-corrected chi connectivity index (χ3v) is 2.98. The molecule has 2 aromatic rings. The lowest BCUT2D eigenvalue weighted by Crippen LogP contribution is -1.97. The normalized spacial score (nSPS) is 11.8. The van der Waals surface area contributed by atoms with Crippen LogP contribution in [0.5, 0.6) is 5.75 Å². The zero-order valence-corrected chi connectivity index (χ0v) is 10.3. The highest BCUT2D eigenvalue weighted by molar-refractivity contribution is 7.85. The van der Waals surface area contributed by atoms with Gasteiger partial charge in [-0.3, -0.25) is 0 Å². The summed E-state index contributed by atoms with van der Waals surface area (Å²) < 4.78 is 32.1. The smallest absolute Gasteiger partial charge is 0.174 e. The molecule has 0 aliphatic carbocycles. The van der Waals surface area contributed by atoms with E-state index >= 15 is 0 Å². The van der Waals surface area contributed by atoms with Gasteiger partial charge in [0.05, 0.1) is 16.8 Å². The minimum atomic E-state index is -4.45. The fourth-order valence-electron chi connectivity index (χ4n) is 1.23. The Morgan fingerprint density at radius 1 is 1.05 bits per heavy atom. The Morgan fingerprint density at radius 3 is 2.26 bits per heavy atom. The van der Waals surface area contributed by atoms with Gasteiger partial charge < -0.3 is 9.66 Å². The lowest BCUT2D eigenvalue weighted by molar-refractivity contribution is 0.463. The highest BCUT2D eigenvalue weighted by Gasteiger charge is 2.00. The zero-order chi connectivity index (χ0) is 13.9. The molecule has 1 heterocycles. The Balaban J connectivity index is 2.18. The van der Waals surface area contributed by atoms with Crippen LogP contribution >= 0.6 is 0 Å². The predicted octanol–water partition coefficient (Wildman–Crippen LogP) is 2.11. The van der Waals surface area contributed by atoms with E-state index in [4.69, 9.17) is 5.11 Å². The maximum atomic E-state index is 10.7. The molecule has 2 rings (SSSR count). The van der Waals surface area contributed by atoms with E-state index in [1.54, 1.807) is 0 Å². The standard InChI is InChI=1S/C11H9N3O4S/c15-9-3-6-11(12-7-9)14-13-8-1-4-10(5-2-8)19(16,17)18/h1-7,15H,(H,16,17,18)/p-1. The molecule has 0 spiro atoms. The molecule has 1 aromatic carbocycles. The minimum absolute atomic E-state index is 0.0176. The van der Waals surface area contributed by atoms with E-state index < -0.39 is 10.1 Å². The lowest BCUT2D eigenvalue weighted by atomic mass is 10.3. The van der Waals surface area contributed by atoms with Gasteiger partial charge in [-0.1, -0.05) is 0 Å². The molecule has 0 atom stereocenters. The van der Waals surface area contributed by atoms with Gasteiger partial charge in [0.1, 0.15) is 15.9 Å². The summed E-state index contributed by atoms with van der Waals surface area (Å²) in [5, 5.41) is 16.6. The van der Waals surface area contributed by atoms with Crippen LogP contribution < -0.4 is 0 Å². The Kier molecular flexibility index (Phi) is 3.54. The van der Waals surface area contributed by atoms with Crippen LogP contribution in [0.4, 0.5) is 11.5 Å². The maximum absolute atomic E-state index is 10.7. The number of aromatic hydroxyl groups is 1. The molecule has 0 unspecified atom stereocenters. The average molecular weight is 278 g/mol. The van der Waals surface area contributed by atoms with E-state index in [0.29, 0.717) is 11.5 Å². The summed E-state index contributed by atoms with van der Waals surface area (Å²) in [6, 6.07) is 7.90. The van der Waals surface area contributed by atoms with Crippen LogP contribution in [0.2, 0.25) is 0 Å². The summed E-state index contributed by atoms with van der Waals surface area (Å²) in [4.78, 5) is 3.47. The number of benzene rings is 1. The molecule has 98 valence electrons. The van der Waals surface area contributed by atoms with Gasteiger partial charge in [0, 0.05) is 0 Å². The van der Waals surface area contributed by atoms with Gasteiger partial charge in [-0.2, -0.15) is 0 Å². The molecule has 1 N–H and O–H groups in total. The maximum Gasteiger partial charge on any atom is 0.174 e. The molecule has 8 heteroatoms. The number of azo groups is 1. The summed E-state index contributed by atoms with van der Waals surface area (Å²) in [6.07, 6.45) is 1.22. The van der Waals surface area contributed by atoms with Gasteiger partial charge in [0.2, 0.25) is 0 Å². The van der Waals surface area contributed by atoms with Crippen molar-refractivity contribution in [1.29, 1.82) is 0 Å². The highest BCUT2D eigenvalue weighted by Crippen LogP contribution is 2.19. The van der Waals surface area contributed by atoms with Crippen molar-refractivity contribution in [3.8, 4) is 5.75 Å². The van der Waals surface area contributed by atoms with Gasteiger partial charge in [-0.05, 0) is 36.4 Å². The van der Waals surface area contributed by atoms with Crippen molar-refractivity contribution in [3.05, 3.63) is 42.6 Å². The van der Waals surface area contributed by atoms with Gasteiger partial charge >= 0.3 is 0 Å². The molecule has 19 heavy (non-hydrogen) atoms. The summed E-state index contributed by atoms with van der Waals surface area (Å²) in [6.45, 7) is 0. The zero-order valence-electron chi connectivity index (χ0n) is 9.46. The van der Waals surface area contributed by atoms with Crippen molar-refractivity contribution in [2.75, 3.05) is 0 Å². The summed E-state index contributed by atoms with van der Waals surface area (Å²) in [5.74, 6) is 0.308. The van der Waals surface area contributed by atoms with Crippen LogP contribution in [0.25, 0.3) is 0 Å². The molecule has 0 saturated carbocycles. The second-order valence-electron chi connectivity index (χ2n) is 3.52. The summed E-state index contributed by atoms with van der Waals surface area (Å²) in [7, 11) is -4.45. The molecular weight excluding hydrogens is 270 g/mol. The monoisotopic (exact) mass is 278 g/mol. The molecule has 0 aliphatic rings. The molecule has 0 aliphatic heterocycles. The van der Waals surface area contributed by atoms with Crippen LogP contribution in [-0.4, -0.2) is 23.1 Å². The number of aromatic nitrogens is 1. The topological polar surface area (TPSA) is 115 Å². The van der Waals surface area contributed by atoms with E-state index in [0.717, 1.165) is 12.1 Å². The fourth-order valence-corrected chi connectivity index (χ4v) is 1.70. The van der Waals surface area contributed by atoms with Crippen LogP contribution in [-0.2, 0) is 10.1 Å². The van der Waals surface area contributed by atoms with Crippen molar-refractivity contribution in [3.63, 3.8) is 0 Å². The number of nitrogens with zero attached hydrogens (tertiary/aromatic N) is 3. The molecular formula is C11H8N3O4S-. The first-order valence-electron chi connectivity index (χ1n) is 5.08. The summed E-state index contributed by atoms with van der Waals surface area (Å²) in [5.41, 5.74) is 0.377. The van der Waals surface area contributed by atoms with Crippen LogP contribution in [0.1, 0.15) is 0 Å². The second-order valence-corrected chi connectivity index (χ2v) is 4.90. The predicted molar refractivity (Wildman–Crippen MR) is 64.5 cm³/mol. The van der Waals surface area contributed by atoms with Crippen molar-refractivity contribution in [2.24, 2.45) is 10.2 Å². The molecule has 7 nitrogen and oxygen atoms in total. The number of hydrogen-bond acceptors (Lipinski definition) is 7. The SMILES string of the molecule is O=S(=O)([O-])c1ccc(N=Nc2ccc(O)cn2)cc1. The van der Waals surface area contributed by atoms with E-state index in [9.17, 15) is 13.0 Å². The highest BCUT2D eigenvalue weighted by atomic mass is 32.2. The van der Waals surface area contributed by atoms with Crippen LogP contribution in [0.3, 0.4) is 0 Å². The number of hydrogen-bond donors (Lipinski definition) is 1. The van der Waals surface area contributed by atoms with E-state index in [1.807, 2.05) is 0 Å². The van der Waals surface area contributed by atoms with Crippen molar-refractivity contribution in [1.82, 2.24) is 4.98 Å². The Bertz CT molecular complexity index is 694. The third kappa shape index (κ3) is 3.57. The van der Waals surface area contributed by atoms with E-state index in [-0.39, 0.29) is 10.6 Å². The Labute approximate surface area is 109 Å². The first-order chi connectivity index (χ1) is 8.95. The third-order valence-electron chi connectivity index (χ3n) is 2.13. The molecule has 0 radical (unpaired) electrons. The summed E-state index contributed by atoms with van der Waals surface area (Å²) >= 11 is 0. The Morgan fingerprint density at radius 2 is 1.74 bits per heavy atom. The van der Waals surface area contributed by atoms with Crippen molar-refractivity contribution in [2.45, 2.75) is 4.90 Å². The quantitative estimate of drug-likeness (QED) is 0.681. The first kappa shape index (κ1) is 13.1. The largest absolute Gasteiger partial charge is 0.744 e. The van der Waals surface area contributed by atoms with E-state index in [1.165, 1.54) is 30.5 Å². The lowest BCUT2D eigenvalue weighted by Gasteiger charge is -2.05. The van der Waals surface area contributed by atoms with Crippen LogP contribution in [0, 0.1) is 0 Å². The number of rotatable bonds is 3. The first-order valence-corrected chi connectivity index (χ1v) is 6.49. The van der Waals surface area contributed by atoms with Gasteiger partial charge in [-0.15, -0.1) is 10.2 Å². The molecule has 0 fully saturated rings. The van der Waals surface area contributed by atoms with Crippen molar-refractivity contribution >= 4 is 21.6 Å². The molecule has 0 amide bonds. The van der Waals surface area contributed by atoms with Crippen LogP contribution in [0.15, 0.2) is 57.7 Å². The molecule has 0 saturated heterocycles. The minimum Gasteiger partial charge on any atom is -0.744 e. The fraction of sp³-hybridized carbons (Fsp3) is 0.